The molecule has 1 nitrogen and oxygen atoms in total. The second kappa shape index (κ2) is 7.41. The molecule has 100 valence electrons. The second-order valence-corrected chi connectivity index (χ2v) is 6.27. The average Bonchev–Trinajstić information content (AvgIpc) is 2.65. The minimum absolute atomic E-state index is 0.992. The summed E-state index contributed by atoms with van der Waals surface area (Å²) in [5.41, 5.74) is 0. The van der Waals surface area contributed by atoms with Crippen LogP contribution >= 0.6 is 0 Å². The smallest absolute Gasteiger partial charge is 0.00179 e. The third-order valence-electron chi connectivity index (χ3n) is 5.13. The van der Waals surface area contributed by atoms with Crippen LogP contribution in [0.4, 0.5) is 0 Å². The molecule has 1 N–H and O–H groups in total. The van der Waals surface area contributed by atoms with Crippen LogP contribution in [0.15, 0.2) is 0 Å². The zero-order valence-corrected chi connectivity index (χ0v) is 11.7. The fourth-order valence-corrected chi connectivity index (χ4v) is 4.18. The molecule has 2 rings (SSSR count). The summed E-state index contributed by atoms with van der Waals surface area (Å²) in [7, 11) is 0. The third kappa shape index (κ3) is 3.98. The van der Waals surface area contributed by atoms with Gasteiger partial charge in [-0.2, -0.15) is 0 Å². The lowest BCUT2D eigenvalue weighted by molar-refractivity contribution is 0.145. The quantitative estimate of drug-likeness (QED) is 0.716. The average molecular weight is 237 g/mol. The number of hydrogen-bond donors (Lipinski definition) is 1. The summed E-state index contributed by atoms with van der Waals surface area (Å²) in [5.74, 6) is 3.12. The van der Waals surface area contributed by atoms with E-state index in [1.165, 1.54) is 70.8 Å². The van der Waals surface area contributed by atoms with Gasteiger partial charge >= 0.3 is 0 Å². The predicted molar refractivity (Wildman–Crippen MR) is 75.2 cm³/mol. The Morgan fingerprint density at radius 1 is 0.824 bits per heavy atom. The van der Waals surface area contributed by atoms with Crippen LogP contribution in [0.1, 0.15) is 71.1 Å². The van der Waals surface area contributed by atoms with E-state index in [-0.39, 0.29) is 0 Å². The Hall–Kier alpha value is -0.0400. The molecule has 17 heavy (non-hydrogen) atoms. The number of rotatable bonds is 4. The third-order valence-corrected chi connectivity index (χ3v) is 5.13. The summed E-state index contributed by atoms with van der Waals surface area (Å²) in [6.45, 7) is 4.68. The Morgan fingerprint density at radius 3 is 2.18 bits per heavy atom. The van der Waals surface area contributed by atoms with Crippen LogP contribution in [0, 0.1) is 17.8 Å². The molecule has 0 aromatic carbocycles. The maximum atomic E-state index is 3.60. The lowest BCUT2D eigenvalue weighted by Crippen LogP contribution is -2.34. The van der Waals surface area contributed by atoms with Gasteiger partial charge in [-0.15, -0.1) is 0 Å². The van der Waals surface area contributed by atoms with E-state index < -0.39 is 0 Å². The lowest BCUT2D eigenvalue weighted by atomic mass is 9.70. The topological polar surface area (TPSA) is 12.0 Å². The Kier molecular flexibility index (Phi) is 5.84. The van der Waals surface area contributed by atoms with Crippen molar-refractivity contribution in [1.29, 1.82) is 0 Å². The monoisotopic (exact) mass is 237 g/mol. The SMILES string of the molecule is CCNCC1CCCCC1C1CCCCCC1. The Labute approximate surface area is 108 Å². The maximum Gasteiger partial charge on any atom is -0.00179 e. The van der Waals surface area contributed by atoms with Gasteiger partial charge in [0.2, 0.25) is 0 Å². The first kappa shape index (κ1) is 13.4. The van der Waals surface area contributed by atoms with Crippen LogP contribution in [-0.2, 0) is 0 Å². The van der Waals surface area contributed by atoms with Gasteiger partial charge in [0.05, 0.1) is 0 Å². The highest BCUT2D eigenvalue weighted by Gasteiger charge is 2.31. The molecule has 2 atom stereocenters. The van der Waals surface area contributed by atoms with E-state index in [2.05, 4.69) is 12.2 Å². The molecule has 0 aromatic rings. The van der Waals surface area contributed by atoms with Crippen LogP contribution in [0.2, 0.25) is 0 Å². The van der Waals surface area contributed by atoms with Crippen molar-refractivity contribution in [1.82, 2.24) is 5.32 Å². The maximum absolute atomic E-state index is 3.60. The lowest BCUT2D eigenvalue weighted by Gasteiger charge is -2.37. The van der Waals surface area contributed by atoms with Crippen LogP contribution in [0.3, 0.4) is 0 Å². The summed E-state index contributed by atoms with van der Waals surface area (Å²) in [5, 5.41) is 3.60. The molecule has 0 saturated heterocycles. The van der Waals surface area contributed by atoms with E-state index in [1.54, 1.807) is 0 Å². The molecule has 2 saturated carbocycles. The van der Waals surface area contributed by atoms with Gasteiger partial charge < -0.3 is 5.32 Å². The summed E-state index contributed by atoms with van der Waals surface area (Å²) >= 11 is 0. The molecule has 2 fully saturated rings. The van der Waals surface area contributed by atoms with Crippen LogP contribution in [0.25, 0.3) is 0 Å². The van der Waals surface area contributed by atoms with Gasteiger partial charge in [-0.05, 0) is 43.7 Å². The normalized spacial score (nSPS) is 32.3. The Bertz CT molecular complexity index is 194. The van der Waals surface area contributed by atoms with Crippen molar-refractivity contribution in [3.05, 3.63) is 0 Å². The molecular formula is C16H31N. The number of nitrogens with one attached hydrogen (secondary N) is 1. The molecule has 0 heterocycles. The van der Waals surface area contributed by atoms with E-state index in [0.717, 1.165) is 24.3 Å². The van der Waals surface area contributed by atoms with Crippen molar-refractivity contribution in [2.24, 2.45) is 17.8 Å². The van der Waals surface area contributed by atoms with Gasteiger partial charge in [-0.3, -0.25) is 0 Å². The van der Waals surface area contributed by atoms with Crippen molar-refractivity contribution in [2.75, 3.05) is 13.1 Å². The molecule has 2 aliphatic rings. The zero-order valence-electron chi connectivity index (χ0n) is 11.7. The summed E-state index contributed by atoms with van der Waals surface area (Å²) in [6, 6.07) is 0. The predicted octanol–water partition coefficient (Wildman–Crippen LogP) is 4.37. The standard InChI is InChI=1S/C16H31N/c1-2-17-13-15-11-7-8-12-16(15)14-9-5-3-4-6-10-14/h14-17H,2-13H2,1H3. The highest BCUT2D eigenvalue weighted by molar-refractivity contribution is 4.83. The Balaban J connectivity index is 1.89. The minimum Gasteiger partial charge on any atom is -0.317 e. The largest absolute Gasteiger partial charge is 0.317 e. The van der Waals surface area contributed by atoms with Crippen LogP contribution in [-0.4, -0.2) is 13.1 Å². The van der Waals surface area contributed by atoms with Gasteiger partial charge in [-0.1, -0.05) is 58.3 Å². The van der Waals surface area contributed by atoms with Crippen molar-refractivity contribution in [2.45, 2.75) is 71.1 Å². The second-order valence-electron chi connectivity index (χ2n) is 6.27. The molecule has 0 aliphatic heterocycles. The molecule has 0 bridgehead atoms. The van der Waals surface area contributed by atoms with Gasteiger partial charge in [-0.25, -0.2) is 0 Å². The van der Waals surface area contributed by atoms with Crippen molar-refractivity contribution in [3.63, 3.8) is 0 Å². The first-order valence-corrected chi connectivity index (χ1v) is 8.12. The van der Waals surface area contributed by atoms with Gasteiger partial charge in [0.1, 0.15) is 0 Å². The Morgan fingerprint density at radius 2 is 1.47 bits per heavy atom. The van der Waals surface area contributed by atoms with E-state index in [1.807, 2.05) is 0 Å². The highest BCUT2D eigenvalue weighted by Crippen LogP contribution is 2.40. The molecule has 0 amide bonds. The highest BCUT2D eigenvalue weighted by atomic mass is 14.8. The van der Waals surface area contributed by atoms with Crippen LogP contribution in [0.5, 0.6) is 0 Å². The van der Waals surface area contributed by atoms with Gasteiger partial charge in [0.15, 0.2) is 0 Å². The zero-order chi connectivity index (χ0) is 11.9. The molecule has 1 heteroatoms. The molecule has 0 aromatic heterocycles. The molecule has 2 aliphatic carbocycles. The van der Waals surface area contributed by atoms with E-state index in [0.29, 0.717) is 0 Å². The van der Waals surface area contributed by atoms with Crippen molar-refractivity contribution in [3.8, 4) is 0 Å². The van der Waals surface area contributed by atoms with E-state index >= 15 is 0 Å². The summed E-state index contributed by atoms with van der Waals surface area (Å²) in [4.78, 5) is 0. The van der Waals surface area contributed by atoms with Crippen molar-refractivity contribution < 1.29 is 0 Å². The van der Waals surface area contributed by atoms with Gasteiger partial charge in [0, 0.05) is 0 Å². The first-order valence-electron chi connectivity index (χ1n) is 8.12. The molecule has 0 spiro atoms. The molecular weight excluding hydrogens is 206 g/mol. The molecule has 2 unspecified atom stereocenters. The fourth-order valence-electron chi connectivity index (χ4n) is 4.18. The minimum atomic E-state index is 0.992. The van der Waals surface area contributed by atoms with Gasteiger partial charge in [0.25, 0.3) is 0 Å². The summed E-state index contributed by atoms with van der Waals surface area (Å²) in [6.07, 6.45) is 15.1. The van der Waals surface area contributed by atoms with Crippen molar-refractivity contribution >= 4 is 0 Å². The van der Waals surface area contributed by atoms with E-state index in [4.69, 9.17) is 0 Å². The first-order chi connectivity index (χ1) is 8.42. The van der Waals surface area contributed by atoms with E-state index in [9.17, 15) is 0 Å². The molecule has 0 radical (unpaired) electrons. The van der Waals surface area contributed by atoms with Crippen LogP contribution < -0.4 is 5.32 Å². The summed E-state index contributed by atoms with van der Waals surface area (Å²) < 4.78 is 0. The fraction of sp³-hybridized carbons (Fsp3) is 1.00. The number of hydrogen-bond acceptors (Lipinski definition) is 1.